The lowest BCUT2D eigenvalue weighted by Gasteiger charge is -2.34. The zero-order valence-electron chi connectivity index (χ0n) is 12.7. The summed E-state index contributed by atoms with van der Waals surface area (Å²) in [7, 11) is 0. The van der Waals surface area contributed by atoms with Crippen LogP contribution in [0.2, 0.25) is 0 Å². The standard InChI is InChI=1S/C15H26N4O/c1-4-13(16)15(12-8-7-9-17-10-12)19(6-3)11-14(20)18-5-2/h7-10,13,15H,4-6,11,16H2,1-3H3,(H,18,20). The Balaban J connectivity index is 2.93. The molecule has 1 aromatic rings. The van der Waals surface area contributed by atoms with E-state index in [1.807, 2.05) is 32.2 Å². The molecule has 5 heteroatoms. The zero-order chi connectivity index (χ0) is 15.0. The van der Waals surface area contributed by atoms with Gasteiger partial charge in [-0.15, -0.1) is 0 Å². The van der Waals surface area contributed by atoms with Gasteiger partial charge >= 0.3 is 0 Å². The van der Waals surface area contributed by atoms with E-state index in [-0.39, 0.29) is 18.0 Å². The number of nitrogens with two attached hydrogens (primary N) is 1. The Morgan fingerprint density at radius 1 is 1.45 bits per heavy atom. The maximum atomic E-state index is 11.8. The van der Waals surface area contributed by atoms with Gasteiger partial charge in [0.2, 0.25) is 5.91 Å². The van der Waals surface area contributed by atoms with Crippen LogP contribution in [0.5, 0.6) is 0 Å². The summed E-state index contributed by atoms with van der Waals surface area (Å²) in [5.74, 6) is 0.0338. The van der Waals surface area contributed by atoms with Gasteiger partial charge in [-0.1, -0.05) is 19.9 Å². The number of amides is 1. The first-order chi connectivity index (χ1) is 9.63. The van der Waals surface area contributed by atoms with E-state index < -0.39 is 0 Å². The molecule has 0 spiro atoms. The van der Waals surface area contributed by atoms with Gasteiger partial charge in [-0.05, 0) is 31.5 Å². The molecule has 112 valence electrons. The third-order valence-corrected chi connectivity index (χ3v) is 3.42. The van der Waals surface area contributed by atoms with Crippen LogP contribution in [0.25, 0.3) is 0 Å². The molecule has 1 heterocycles. The van der Waals surface area contributed by atoms with Crippen molar-refractivity contribution >= 4 is 5.91 Å². The molecule has 0 bridgehead atoms. The first-order valence-electron chi connectivity index (χ1n) is 7.30. The van der Waals surface area contributed by atoms with Crippen LogP contribution in [0.1, 0.15) is 38.8 Å². The number of rotatable bonds is 8. The highest BCUT2D eigenvalue weighted by molar-refractivity contribution is 5.78. The number of aromatic nitrogens is 1. The Morgan fingerprint density at radius 3 is 2.70 bits per heavy atom. The van der Waals surface area contributed by atoms with Gasteiger partial charge < -0.3 is 11.1 Å². The van der Waals surface area contributed by atoms with Crippen molar-refractivity contribution < 1.29 is 4.79 Å². The number of nitrogens with one attached hydrogen (secondary N) is 1. The third kappa shape index (κ3) is 4.58. The van der Waals surface area contributed by atoms with Gasteiger partial charge in [-0.25, -0.2) is 0 Å². The first kappa shape index (κ1) is 16.6. The molecule has 0 radical (unpaired) electrons. The molecule has 0 fully saturated rings. The Hall–Kier alpha value is -1.46. The highest BCUT2D eigenvalue weighted by atomic mass is 16.2. The molecule has 2 unspecified atom stereocenters. The van der Waals surface area contributed by atoms with Gasteiger partial charge in [-0.3, -0.25) is 14.7 Å². The maximum absolute atomic E-state index is 11.8. The van der Waals surface area contributed by atoms with Gasteiger partial charge in [0.1, 0.15) is 0 Å². The van der Waals surface area contributed by atoms with Crippen LogP contribution >= 0.6 is 0 Å². The van der Waals surface area contributed by atoms with Gasteiger partial charge in [0, 0.05) is 25.0 Å². The number of hydrogen-bond acceptors (Lipinski definition) is 4. The predicted molar refractivity (Wildman–Crippen MR) is 81.2 cm³/mol. The van der Waals surface area contributed by atoms with Crippen molar-refractivity contribution in [3.8, 4) is 0 Å². The lowest BCUT2D eigenvalue weighted by Crippen LogP contribution is -2.45. The molecule has 1 rings (SSSR count). The predicted octanol–water partition coefficient (Wildman–Crippen LogP) is 1.32. The highest BCUT2D eigenvalue weighted by Crippen LogP contribution is 2.24. The van der Waals surface area contributed by atoms with Crippen molar-refractivity contribution in [3.63, 3.8) is 0 Å². The minimum Gasteiger partial charge on any atom is -0.355 e. The average molecular weight is 278 g/mol. The summed E-state index contributed by atoms with van der Waals surface area (Å²) >= 11 is 0. The van der Waals surface area contributed by atoms with Gasteiger partial charge in [0.25, 0.3) is 0 Å². The van der Waals surface area contributed by atoms with E-state index in [1.54, 1.807) is 6.20 Å². The van der Waals surface area contributed by atoms with Gasteiger partial charge in [0.15, 0.2) is 0 Å². The molecular formula is C15H26N4O. The maximum Gasteiger partial charge on any atom is 0.234 e. The number of carbonyl (C=O) groups excluding carboxylic acids is 1. The molecule has 0 aliphatic rings. The van der Waals surface area contributed by atoms with E-state index in [0.29, 0.717) is 13.1 Å². The van der Waals surface area contributed by atoms with Crippen LogP contribution < -0.4 is 11.1 Å². The fourth-order valence-electron chi connectivity index (χ4n) is 2.35. The fourth-order valence-corrected chi connectivity index (χ4v) is 2.35. The number of nitrogens with zero attached hydrogens (tertiary/aromatic N) is 2. The zero-order valence-corrected chi connectivity index (χ0v) is 12.7. The summed E-state index contributed by atoms with van der Waals surface area (Å²) in [6.07, 6.45) is 4.43. The van der Waals surface area contributed by atoms with Crippen molar-refractivity contribution in [1.82, 2.24) is 15.2 Å². The fraction of sp³-hybridized carbons (Fsp3) is 0.600. The number of pyridine rings is 1. The smallest absolute Gasteiger partial charge is 0.234 e. The average Bonchev–Trinajstić information content (AvgIpc) is 2.47. The van der Waals surface area contributed by atoms with Crippen LogP contribution in [-0.2, 0) is 4.79 Å². The minimum atomic E-state index is -0.0198. The molecule has 0 aliphatic heterocycles. The van der Waals surface area contributed by atoms with Crippen LogP contribution in [0.3, 0.4) is 0 Å². The molecule has 2 atom stereocenters. The first-order valence-corrected chi connectivity index (χ1v) is 7.30. The highest BCUT2D eigenvalue weighted by Gasteiger charge is 2.26. The lowest BCUT2D eigenvalue weighted by molar-refractivity contribution is -0.122. The topological polar surface area (TPSA) is 71.2 Å². The summed E-state index contributed by atoms with van der Waals surface area (Å²) in [5, 5.41) is 2.84. The Morgan fingerprint density at radius 2 is 2.20 bits per heavy atom. The van der Waals surface area contributed by atoms with Crippen molar-refractivity contribution in [2.75, 3.05) is 19.6 Å². The van der Waals surface area contributed by atoms with Crippen molar-refractivity contribution in [3.05, 3.63) is 30.1 Å². The Kier molecular flexibility index (Phi) is 7.18. The molecule has 5 nitrogen and oxygen atoms in total. The Labute approximate surface area is 121 Å². The summed E-state index contributed by atoms with van der Waals surface area (Å²) < 4.78 is 0. The molecule has 20 heavy (non-hydrogen) atoms. The van der Waals surface area contributed by atoms with E-state index in [1.165, 1.54) is 0 Å². The quantitative estimate of drug-likeness (QED) is 0.752. The summed E-state index contributed by atoms with van der Waals surface area (Å²) in [6.45, 7) is 7.80. The molecule has 0 saturated carbocycles. The molecule has 0 saturated heterocycles. The van der Waals surface area contributed by atoms with Gasteiger partial charge in [0.05, 0.1) is 12.6 Å². The molecule has 0 aromatic carbocycles. The van der Waals surface area contributed by atoms with Gasteiger partial charge in [-0.2, -0.15) is 0 Å². The van der Waals surface area contributed by atoms with E-state index in [0.717, 1.165) is 18.5 Å². The second-order valence-corrected chi connectivity index (χ2v) is 4.82. The Bertz CT molecular complexity index is 396. The molecule has 0 aliphatic carbocycles. The van der Waals surface area contributed by atoms with Crippen molar-refractivity contribution in [2.24, 2.45) is 5.73 Å². The normalized spacial score (nSPS) is 14.1. The number of likely N-dealkylation sites (N-methyl/N-ethyl adjacent to an activating group) is 2. The van der Waals surface area contributed by atoms with Crippen LogP contribution in [0, 0.1) is 0 Å². The number of carbonyl (C=O) groups is 1. The SMILES string of the molecule is CCNC(=O)CN(CC)C(c1cccnc1)C(N)CC. The van der Waals surface area contributed by atoms with Crippen LogP contribution in [0.15, 0.2) is 24.5 Å². The lowest BCUT2D eigenvalue weighted by atomic mass is 9.97. The second-order valence-electron chi connectivity index (χ2n) is 4.82. The molecular weight excluding hydrogens is 252 g/mol. The van der Waals surface area contributed by atoms with Crippen molar-refractivity contribution in [2.45, 2.75) is 39.3 Å². The largest absolute Gasteiger partial charge is 0.355 e. The third-order valence-electron chi connectivity index (χ3n) is 3.42. The summed E-state index contributed by atoms with van der Waals surface area (Å²) in [4.78, 5) is 18.1. The number of hydrogen-bond donors (Lipinski definition) is 2. The van der Waals surface area contributed by atoms with E-state index in [4.69, 9.17) is 5.73 Å². The van der Waals surface area contributed by atoms with E-state index >= 15 is 0 Å². The summed E-state index contributed by atoms with van der Waals surface area (Å²) in [5.41, 5.74) is 7.34. The second kappa shape index (κ2) is 8.66. The molecule has 1 amide bonds. The summed E-state index contributed by atoms with van der Waals surface area (Å²) in [6, 6.07) is 3.92. The minimum absolute atomic E-state index is 0.0151. The van der Waals surface area contributed by atoms with Crippen LogP contribution in [0.4, 0.5) is 0 Å². The van der Waals surface area contributed by atoms with E-state index in [9.17, 15) is 4.79 Å². The van der Waals surface area contributed by atoms with E-state index in [2.05, 4.69) is 22.1 Å². The molecule has 1 aromatic heterocycles. The van der Waals surface area contributed by atoms with Crippen LogP contribution in [-0.4, -0.2) is 41.5 Å². The monoisotopic (exact) mass is 278 g/mol. The van der Waals surface area contributed by atoms with Crippen molar-refractivity contribution in [1.29, 1.82) is 0 Å². The molecule has 3 N–H and O–H groups in total.